The summed E-state index contributed by atoms with van der Waals surface area (Å²) in [4.78, 5) is 11.5. The Balaban J connectivity index is 1.68. The number of nitrogens with zero attached hydrogens (tertiary/aromatic N) is 4. The predicted octanol–water partition coefficient (Wildman–Crippen LogP) is 1.35. The molecule has 1 fully saturated rings. The second kappa shape index (κ2) is 10.9. The van der Waals surface area contributed by atoms with Gasteiger partial charge in [-0.3, -0.25) is 4.99 Å². The maximum Gasteiger partial charge on any atom is 0.193 e. The summed E-state index contributed by atoms with van der Waals surface area (Å²) in [7, 11) is 5.75. The van der Waals surface area contributed by atoms with Crippen LogP contribution in [0.2, 0.25) is 0 Å². The van der Waals surface area contributed by atoms with Crippen LogP contribution in [-0.4, -0.2) is 89.4 Å². The fourth-order valence-corrected chi connectivity index (χ4v) is 3.06. The maximum atomic E-state index is 5.11. The number of aliphatic imine (C=N–C) groups is 1. The summed E-state index contributed by atoms with van der Waals surface area (Å²) >= 11 is 0. The second-order valence-electron chi connectivity index (χ2n) is 6.43. The molecule has 1 aromatic carbocycles. The van der Waals surface area contributed by atoms with Crippen LogP contribution in [0.15, 0.2) is 35.3 Å². The smallest absolute Gasteiger partial charge is 0.193 e. The van der Waals surface area contributed by atoms with E-state index >= 15 is 0 Å². The molecule has 0 saturated carbocycles. The molecule has 0 bridgehead atoms. The molecule has 0 aromatic heterocycles. The molecule has 1 aromatic rings. The molecule has 0 radical (unpaired) electrons. The molecule has 1 heterocycles. The first kappa shape index (κ1) is 19.5. The number of anilines is 1. The molecular weight excluding hydrogens is 314 g/mol. The van der Waals surface area contributed by atoms with Gasteiger partial charge in [0.1, 0.15) is 0 Å². The number of benzene rings is 1. The standard InChI is InChI=1S/C19H33N5O/c1-20-19(21-10-7-11-22(2)16-17-25-3)24-14-12-23(13-15-24)18-8-5-4-6-9-18/h4-6,8-9H,7,10-17H2,1-3H3,(H,20,21). The van der Waals surface area contributed by atoms with Crippen molar-refractivity contribution in [2.75, 3.05) is 78.5 Å². The molecule has 0 unspecified atom stereocenters. The summed E-state index contributed by atoms with van der Waals surface area (Å²) in [5.41, 5.74) is 1.31. The highest BCUT2D eigenvalue weighted by molar-refractivity contribution is 5.80. The molecule has 2 rings (SSSR count). The molecular formula is C19H33N5O. The van der Waals surface area contributed by atoms with Gasteiger partial charge in [0, 0.05) is 59.1 Å². The van der Waals surface area contributed by atoms with Crippen molar-refractivity contribution in [3.8, 4) is 0 Å². The van der Waals surface area contributed by atoms with E-state index in [1.807, 2.05) is 7.05 Å². The number of hydrogen-bond acceptors (Lipinski definition) is 4. The average molecular weight is 348 g/mol. The lowest BCUT2D eigenvalue weighted by molar-refractivity contribution is 0.161. The zero-order valence-corrected chi connectivity index (χ0v) is 15.9. The van der Waals surface area contributed by atoms with Crippen LogP contribution in [0.1, 0.15) is 6.42 Å². The molecule has 25 heavy (non-hydrogen) atoms. The van der Waals surface area contributed by atoms with Crippen LogP contribution < -0.4 is 10.2 Å². The van der Waals surface area contributed by atoms with Crippen molar-refractivity contribution in [1.82, 2.24) is 15.1 Å². The molecule has 140 valence electrons. The number of para-hydroxylation sites is 1. The third kappa shape index (κ3) is 6.55. The van der Waals surface area contributed by atoms with E-state index in [0.29, 0.717) is 0 Å². The Morgan fingerprint density at radius 1 is 1.16 bits per heavy atom. The Morgan fingerprint density at radius 2 is 1.88 bits per heavy atom. The van der Waals surface area contributed by atoms with Crippen LogP contribution in [0, 0.1) is 0 Å². The van der Waals surface area contributed by atoms with Crippen molar-refractivity contribution in [2.24, 2.45) is 4.99 Å². The zero-order valence-electron chi connectivity index (χ0n) is 15.9. The topological polar surface area (TPSA) is 43.3 Å². The largest absolute Gasteiger partial charge is 0.383 e. The Labute approximate surface area is 152 Å². The van der Waals surface area contributed by atoms with E-state index in [4.69, 9.17) is 4.74 Å². The Kier molecular flexibility index (Phi) is 8.55. The first-order valence-electron chi connectivity index (χ1n) is 9.17. The zero-order chi connectivity index (χ0) is 17.9. The molecule has 0 atom stereocenters. The van der Waals surface area contributed by atoms with Gasteiger partial charge in [-0.1, -0.05) is 18.2 Å². The number of ether oxygens (including phenoxy) is 1. The van der Waals surface area contributed by atoms with Crippen molar-refractivity contribution in [2.45, 2.75) is 6.42 Å². The van der Waals surface area contributed by atoms with Gasteiger partial charge in [-0.05, 0) is 32.1 Å². The minimum absolute atomic E-state index is 0.789. The minimum Gasteiger partial charge on any atom is -0.383 e. The quantitative estimate of drug-likeness (QED) is 0.437. The van der Waals surface area contributed by atoms with Crippen LogP contribution >= 0.6 is 0 Å². The molecule has 1 saturated heterocycles. The Morgan fingerprint density at radius 3 is 2.52 bits per heavy atom. The lowest BCUT2D eigenvalue weighted by atomic mass is 10.2. The predicted molar refractivity (Wildman–Crippen MR) is 106 cm³/mol. The van der Waals surface area contributed by atoms with Gasteiger partial charge in [0.15, 0.2) is 5.96 Å². The van der Waals surface area contributed by atoms with Gasteiger partial charge in [0.25, 0.3) is 0 Å². The van der Waals surface area contributed by atoms with E-state index in [2.05, 4.69) is 62.4 Å². The highest BCUT2D eigenvalue weighted by atomic mass is 16.5. The van der Waals surface area contributed by atoms with Crippen molar-refractivity contribution in [3.05, 3.63) is 30.3 Å². The summed E-state index contributed by atoms with van der Waals surface area (Å²) in [6.07, 6.45) is 1.10. The lowest BCUT2D eigenvalue weighted by Crippen LogP contribution is -2.52. The normalized spacial score (nSPS) is 15.8. The molecule has 1 aliphatic rings. The van der Waals surface area contributed by atoms with Crippen molar-refractivity contribution in [3.63, 3.8) is 0 Å². The monoisotopic (exact) mass is 347 g/mol. The van der Waals surface area contributed by atoms with E-state index in [1.165, 1.54) is 5.69 Å². The molecule has 1 aliphatic heterocycles. The summed E-state index contributed by atoms with van der Waals surface area (Å²) in [5, 5.41) is 3.50. The van der Waals surface area contributed by atoms with Crippen LogP contribution in [0.5, 0.6) is 0 Å². The average Bonchev–Trinajstić information content (AvgIpc) is 2.67. The molecule has 0 spiro atoms. The molecule has 6 nitrogen and oxygen atoms in total. The number of piperazine rings is 1. The van der Waals surface area contributed by atoms with Crippen LogP contribution in [0.3, 0.4) is 0 Å². The fraction of sp³-hybridized carbons (Fsp3) is 0.632. The first-order valence-corrected chi connectivity index (χ1v) is 9.17. The highest BCUT2D eigenvalue weighted by Crippen LogP contribution is 2.15. The molecule has 1 N–H and O–H groups in total. The number of methoxy groups -OCH3 is 1. The van der Waals surface area contributed by atoms with E-state index in [1.54, 1.807) is 7.11 Å². The van der Waals surface area contributed by atoms with E-state index in [0.717, 1.165) is 64.8 Å². The lowest BCUT2D eigenvalue weighted by Gasteiger charge is -2.37. The summed E-state index contributed by atoms with van der Waals surface area (Å²) < 4.78 is 5.11. The van der Waals surface area contributed by atoms with E-state index < -0.39 is 0 Å². The number of guanidine groups is 1. The Bertz CT molecular complexity index is 500. The SMILES string of the molecule is CN=C(NCCCN(C)CCOC)N1CCN(c2ccccc2)CC1. The van der Waals surface area contributed by atoms with Crippen LogP contribution in [0.25, 0.3) is 0 Å². The molecule has 6 heteroatoms. The number of likely N-dealkylation sites (N-methyl/N-ethyl adjacent to an activating group) is 1. The van der Waals surface area contributed by atoms with Gasteiger partial charge < -0.3 is 24.8 Å². The number of hydrogen-bond donors (Lipinski definition) is 1. The van der Waals surface area contributed by atoms with E-state index in [-0.39, 0.29) is 0 Å². The third-order valence-corrected chi connectivity index (χ3v) is 4.59. The van der Waals surface area contributed by atoms with Crippen LogP contribution in [-0.2, 0) is 4.74 Å². The summed E-state index contributed by atoms with van der Waals surface area (Å²) in [6.45, 7) is 7.85. The van der Waals surface area contributed by atoms with Crippen molar-refractivity contribution < 1.29 is 4.74 Å². The number of nitrogens with one attached hydrogen (secondary N) is 1. The third-order valence-electron chi connectivity index (χ3n) is 4.59. The van der Waals surface area contributed by atoms with Gasteiger partial charge in [-0.25, -0.2) is 0 Å². The van der Waals surface area contributed by atoms with Crippen molar-refractivity contribution >= 4 is 11.6 Å². The van der Waals surface area contributed by atoms with Gasteiger partial charge >= 0.3 is 0 Å². The number of rotatable bonds is 8. The summed E-state index contributed by atoms with van der Waals surface area (Å²) in [6, 6.07) is 10.6. The maximum absolute atomic E-state index is 5.11. The molecule has 0 amide bonds. The fourth-order valence-electron chi connectivity index (χ4n) is 3.06. The summed E-state index contributed by atoms with van der Waals surface area (Å²) in [5.74, 6) is 1.02. The van der Waals surface area contributed by atoms with Gasteiger partial charge in [-0.15, -0.1) is 0 Å². The first-order chi connectivity index (χ1) is 12.2. The second-order valence-corrected chi connectivity index (χ2v) is 6.43. The van der Waals surface area contributed by atoms with Gasteiger partial charge in [0.05, 0.1) is 6.61 Å². The van der Waals surface area contributed by atoms with Gasteiger partial charge in [-0.2, -0.15) is 0 Å². The minimum atomic E-state index is 0.789. The van der Waals surface area contributed by atoms with Crippen LogP contribution in [0.4, 0.5) is 5.69 Å². The Hall–Kier alpha value is -1.79. The van der Waals surface area contributed by atoms with Crippen molar-refractivity contribution in [1.29, 1.82) is 0 Å². The molecule has 0 aliphatic carbocycles. The van der Waals surface area contributed by atoms with E-state index in [9.17, 15) is 0 Å². The highest BCUT2D eigenvalue weighted by Gasteiger charge is 2.19. The van der Waals surface area contributed by atoms with Gasteiger partial charge in [0.2, 0.25) is 0 Å².